The first kappa shape index (κ1) is 10.4. The molecule has 1 aromatic carbocycles. The molecular weight excluding hydrogens is 168 g/mol. The van der Waals surface area contributed by atoms with Gasteiger partial charge < -0.3 is 0 Å². The van der Waals surface area contributed by atoms with E-state index in [0.29, 0.717) is 0 Å². The largest absolute Gasteiger partial charge is 0.115 e. The first-order chi connectivity index (χ1) is 6.49. The Morgan fingerprint density at radius 1 is 1.00 bits per heavy atom. The monoisotopic (exact) mass is 182 g/mol. The topological polar surface area (TPSA) is 0 Å². The van der Waals surface area contributed by atoms with Crippen molar-refractivity contribution in [3.63, 3.8) is 0 Å². The van der Waals surface area contributed by atoms with Gasteiger partial charge in [-0.25, -0.2) is 0 Å². The van der Waals surface area contributed by atoms with Gasteiger partial charge in [-0.3, -0.25) is 0 Å². The molecular formula is C14H14. The standard InChI is InChI=1S/C14H14/c1-6-11-8-9-13(14(3,4)5)10-12(11)7-2/h1-2,8-10H,3-5H3. The molecule has 1 rings (SSSR count). The molecule has 0 radical (unpaired) electrons. The molecule has 14 heavy (non-hydrogen) atoms. The van der Waals surface area contributed by atoms with Gasteiger partial charge in [-0.2, -0.15) is 0 Å². The molecule has 0 aliphatic heterocycles. The van der Waals surface area contributed by atoms with Crippen molar-refractivity contribution in [3.05, 3.63) is 34.9 Å². The van der Waals surface area contributed by atoms with E-state index in [1.54, 1.807) is 0 Å². The van der Waals surface area contributed by atoms with Crippen LogP contribution in [0.15, 0.2) is 18.2 Å². The zero-order valence-electron chi connectivity index (χ0n) is 8.89. The van der Waals surface area contributed by atoms with Gasteiger partial charge in [-0.15, -0.1) is 12.8 Å². The summed E-state index contributed by atoms with van der Waals surface area (Å²) in [7, 11) is 0. The van der Waals surface area contributed by atoms with Crippen LogP contribution in [0.25, 0.3) is 0 Å². The quantitative estimate of drug-likeness (QED) is 0.541. The van der Waals surface area contributed by atoms with Crippen molar-refractivity contribution in [2.24, 2.45) is 0 Å². The maximum Gasteiger partial charge on any atom is 0.0402 e. The lowest BCUT2D eigenvalue weighted by atomic mass is 9.85. The van der Waals surface area contributed by atoms with Crippen LogP contribution in [0.1, 0.15) is 37.5 Å². The number of rotatable bonds is 0. The third kappa shape index (κ3) is 1.98. The Morgan fingerprint density at radius 2 is 1.57 bits per heavy atom. The summed E-state index contributed by atoms with van der Waals surface area (Å²) in [6, 6.07) is 5.95. The third-order valence-electron chi connectivity index (χ3n) is 2.20. The molecule has 0 atom stereocenters. The molecule has 0 nitrogen and oxygen atoms in total. The van der Waals surface area contributed by atoms with Gasteiger partial charge in [-0.05, 0) is 23.1 Å². The van der Waals surface area contributed by atoms with E-state index in [0.717, 1.165) is 11.1 Å². The molecule has 1 aromatic rings. The Morgan fingerprint density at radius 3 is 2.00 bits per heavy atom. The van der Waals surface area contributed by atoms with Crippen LogP contribution in [-0.4, -0.2) is 0 Å². The highest BCUT2D eigenvalue weighted by Gasteiger charge is 2.14. The Kier molecular flexibility index (Phi) is 2.68. The normalized spacial score (nSPS) is 10.4. The minimum Gasteiger partial charge on any atom is -0.115 e. The summed E-state index contributed by atoms with van der Waals surface area (Å²) >= 11 is 0. The van der Waals surface area contributed by atoms with Crippen LogP contribution < -0.4 is 0 Å². The lowest BCUT2D eigenvalue weighted by Gasteiger charge is -2.19. The van der Waals surface area contributed by atoms with Crippen molar-refractivity contribution in [1.82, 2.24) is 0 Å². The van der Waals surface area contributed by atoms with E-state index in [1.165, 1.54) is 5.56 Å². The van der Waals surface area contributed by atoms with Gasteiger partial charge in [0.1, 0.15) is 0 Å². The minimum atomic E-state index is 0.110. The third-order valence-corrected chi connectivity index (χ3v) is 2.20. The lowest BCUT2D eigenvalue weighted by molar-refractivity contribution is 0.590. The van der Waals surface area contributed by atoms with Crippen LogP contribution in [0.5, 0.6) is 0 Å². The van der Waals surface area contributed by atoms with Gasteiger partial charge in [0.25, 0.3) is 0 Å². The van der Waals surface area contributed by atoms with E-state index in [1.807, 2.05) is 18.2 Å². The molecule has 0 heterocycles. The zero-order valence-corrected chi connectivity index (χ0v) is 8.89. The summed E-state index contributed by atoms with van der Waals surface area (Å²) in [5.41, 5.74) is 2.92. The van der Waals surface area contributed by atoms with Crippen molar-refractivity contribution in [2.45, 2.75) is 26.2 Å². The first-order valence-corrected chi connectivity index (χ1v) is 4.57. The van der Waals surface area contributed by atoms with E-state index >= 15 is 0 Å². The van der Waals surface area contributed by atoms with Crippen molar-refractivity contribution in [2.75, 3.05) is 0 Å². The lowest BCUT2D eigenvalue weighted by Crippen LogP contribution is -2.11. The van der Waals surface area contributed by atoms with Crippen molar-refractivity contribution in [1.29, 1.82) is 0 Å². The number of hydrogen-bond donors (Lipinski definition) is 0. The molecule has 0 heteroatoms. The van der Waals surface area contributed by atoms with Gasteiger partial charge in [0.05, 0.1) is 0 Å². The summed E-state index contributed by atoms with van der Waals surface area (Å²) < 4.78 is 0. The molecule has 0 aromatic heterocycles. The number of hydrogen-bond acceptors (Lipinski definition) is 0. The highest BCUT2D eigenvalue weighted by Crippen LogP contribution is 2.23. The Labute approximate surface area is 86.3 Å². The van der Waals surface area contributed by atoms with Crippen LogP contribution in [-0.2, 0) is 5.41 Å². The van der Waals surface area contributed by atoms with Crippen LogP contribution in [0.4, 0.5) is 0 Å². The van der Waals surface area contributed by atoms with Crippen molar-refractivity contribution >= 4 is 0 Å². The number of terminal acetylenes is 2. The zero-order chi connectivity index (χ0) is 10.8. The Bertz CT molecular complexity index is 417. The second kappa shape index (κ2) is 3.60. The molecule has 0 spiro atoms. The van der Waals surface area contributed by atoms with Crippen LogP contribution in [0.2, 0.25) is 0 Å². The van der Waals surface area contributed by atoms with Crippen LogP contribution in [0.3, 0.4) is 0 Å². The minimum absolute atomic E-state index is 0.110. The molecule has 0 aliphatic rings. The molecule has 0 bridgehead atoms. The summed E-state index contributed by atoms with van der Waals surface area (Å²) in [5.74, 6) is 5.20. The molecule has 0 amide bonds. The van der Waals surface area contributed by atoms with Gasteiger partial charge in [0.2, 0.25) is 0 Å². The van der Waals surface area contributed by atoms with Gasteiger partial charge in [0.15, 0.2) is 0 Å². The summed E-state index contributed by atoms with van der Waals surface area (Å²) in [5, 5.41) is 0. The van der Waals surface area contributed by atoms with Gasteiger partial charge in [-0.1, -0.05) is 38.7 Å². The smallest absolute Gasteiger partial charge is 0.0402 e. The molecule has 0 N–H and O–H groups in total. The second-order valence-electron chi connectivity index (χ2n) is 4.30. The van der Waals surface area contributed by atoms with E-state index < -0.39 is 0 Å². The summed E-state index contributed by atoms with van der Waals surface area (Å²) in [4.78, 5) is 0. The predicted octanol–water partition coefficient (Wildman–Crippen LogP) is 2.95. The first-order valence-electron chi connectivity index (χ1n) is 4.57. The molecule has 0 aliphatic carbocycles. The summed E-state index contributed by atoms with van der Waals surface area (Å²) in [6.45, 7) is 6.45. The van der Waals surface area contributed by atoms with Crippen LogP contribution >= 0.6 is 0 Å². The molecule has 0 saturated carbocycles. The highest BCUT2D eigenvalue weighted by atomic mass is 14.2. The fourth-order valence-corrected chi connectivity index (χ4v) is 1.26. The summed E-state index contributed by atoms with van der Waals surface area (Å²) in [6.07, 6.45) is 10.7. The maximum absolute atomic E-state index is 5.39. The van der Waals surface area contributed by atoms with E-state index in [9.17, 15) is 0 Å². The SMILES string of the molecule is C#Cc1ccc(C(C)(C)C)cc1C#C. The maximum atomic E-state index is 5.39. The van der Waals surface area contributed by atoms with E-state index in [2.05, 4.69) is 32.6 Å². The highest BCUT2D eigenvalue weighted by molar-refractivity contribution is 5.51. The fraction of sp³-hybridized carbons (Fsp3) is 0.286. The molecule has 0 unspecified atom stereocenters. The molecule has 0 saturated heterocycles. The predicted molar refractivity (Wildman–Crippen MR) is 61.0 cm³/mol. The average Bonchev–Trinajstić information content (AvgIpc) is 2.15. The van der Waals surface area contributed by atoms with Crippen molar-refractivity contribution in [3.8, 4) is 24.7 Å². The van der Waals surface area contributed by atoms with Gasteiger partial charge in [0, 0.05) is 11.1 Å². The van der Waals surface area contributed by atoms with E-state index in [-0.39, 0.29) is 5.41 Å². The number of benzene rings is 1. The average molecular weight is 182 g/mol. The van der Waals surface area contributed by atoms with Gasteiger partial charge >= 0.3 is 0 Å². The van der Waals surface area contributed by atoms with Crippen molar-refractivity contribution < 1.29 is 0 Å². The Hall–Kier alpha value is -1.66. The Balaban J connectivity index is 3.32. The van der Waals surface area contributed by atoms with E-state index in [4.69, 9.17) is 12.8 Å². The second-order valence-corrected chi connectivity index (χ2v) is 4.30. The fourth-order valence-electron chi connectivity index (χ4n) is 1.26. The molecule has 0 fully saturated rings. The molecule has 70 valence electrons. The van der Waals surface area contributed by atoms with Crippen LogP contribution in [0, 0.1) is 24.7 Å².